The number of alkyl halides is 3. The molecule has 0 radical (unpaired) electrons. The molecule has 234 valence electrons. The number of unbranched alkanes of at least 4 members (excludes halogenated alkanes) is 1. The Hall–Kier alpha value is -4.63. The van der Waals surface area contributed by atoms with Crippen molar-refractivity contribution in [3.05, 3.63) is 52.9 Å². The van der Waals surface area contributed by atoms with Crippen LogP contribution in [0.3, 0.4) is 0 Å². The van der Waals surface area contributed by atoms with Gasteiger partial charge in [-0.25, -0.2) is 19.8 Å². The van der Waals surface area contributed by atoms with Gasteiger partial charge in [-0.15, -0.1) is 5.10 Å². The average molecular weight is 622 g/mol. The van der Waals surface area contributed by atoms with E-state index in [-0.39, 0.29) is 71.2 Å². The molecular weight excluding hydrogens is 593 g/mol. The van der Waals surface area contributed by atoms with Crippen LogP contribution < -0.4 is 14.9 Å². The minimum atomic E-state index is -4.80. The molecule has 44 heavy (non-hydrogen) atoms. The molecule has 2 aliphatic heterocycles. The van der Waals surface area contributed by atoms with Crippen molar-refractivity contribution in [2.75, 3.05) is 20.3 Å². The van der Waals surface area contributed by atoms with Crippen LogP contribution in [0.4, 0.5) is 22.0 Å². The third-order valence-corrected chi connectivity index (χ3v) is 7.35. The zero-order valence-corrected chi connectivity index (χ0v) is 24.1. The number of hydrogen-bond acceptors (Lipinski definition) is 8. The fourth-order valence-electron chi connectivity index (χ4n) is 5.02. The van der Waals surface area contributed by atoms with Crippen molar-refractivity contribution in [2.24, 2.45) is 21.5 Å². The first-order valence-electron chi connectivity index (χ1n) is 13.6. The molecule has 0 spiro atoms. The van der Waals surface area contributed by atoms with Gasteiger partial charge in [0.15, 0.2) is 17.2 Å². The lowest BCUT2D eigenvalue weighted by atomic mass is 9.84. The third-order valence-electron chi connectivity index (χ3n) is 7.35. The Kier molecular flexibility index (Phi) is 8.03. The van der Waals surface area contributed by atoms with Crippen molar-refractivity contribution in [1.29, 1.82) is 0 Å². The van der Waals surface area contributed by atoms with E-state index in [1.807, 2.05) is 0 Å². The number of carbonyl (C=O) groups is 2. The van der Waals surface area contributed by atoms with Crippen LogP contribution in [0.5, 0.6) is 11.6 Å². The zero-order valence-electron chi connectivity index (χ0n) is 24.1. The quantitative estimate of drug-likeness (QED) is 0.281. The predicted molar refractivity (Wildman–Crippen MR) is 146 cm³/mol. The van der Waals surface area contributed by atoms with Crippen LogP contribution in [0.2, 0.25) is 0 Å². The first-order chi connectivity index (χ1) is 20.7. The van der Waals surface area contributed by atoms with Gasteiger partial charge >= 0.3 is 6.18 Å². The first-order valence-corrected chi connectivity index (χ1v) is 13.6. The second-order valence-corrected chi connectivity index (χ2v) is 10.9. The van der Waals surface area contributed by atoms with Crippen LogP contribution in [-0.2, 0) is 15.8 Å². The van der Waals surface area contributed by atoms with Crippen LogP contribution >= 0.6 is 0 Å². The van der Waals surface area contributed by atoms with Crippen LogP contribution in [0, 0.1) is 23.0 Å². The molecular formula is C28H28F5N7O4. The standard InChI is InChI=1S/C28H28F5N7O4/c1-14-13-18(41)35-36-22(14)15-7-9-17(21(30)20(15)29)44-12-6-5-11-39-26(42)27(2,3)23(37-39)16-8-10-19(43-4)40-24(16)34-25(38-40)28(31,32)33/h7-10,14H,5-6,11-13H2,1-4H3,(H,35,41). The Morgan fingerprint density at radius 3 is 2.48 bits per heavy atom. The number of fused-ring (bicyclic) bond motifs is 1. The SMILES string of the molecule is COc1ccc(C2=NN(CCCCOc3ccc(C4=NNC(=O)CC4C)c(F)c3F)C(=O)C2(C)C)c2nc(C(F)(F)F)nn12. The summed E-state index contributed by atoms with van der Waals surface area (Å²) >= 11 is 0. The van der Waals surface area contributed by atoms with Crippen molar-refractivity contribution in [1.82, 2.24) is 25.0 Å². The largest absolute Gasteiger partial charge is 0.490 e. The Bertz CT molecular complexity index is 1700. The average Bonchev–Trinajstić information content (AvgIpc) is 3.51. The Labute approximate surface area is 247 Å². The molecule has 2 aromatic heterocycles. The van der Waals surface area contributed by atoms with Crippen LogP contribution in [0.15, 0.2) is 34.5 Å². The van der Waals surface area contributed by atoms with Gasteiger partial charge in [0.05, 0.1) is 30.6 Å². The van der Waals surface area contributed by atoms with Gasteiger partial charge in [0, 0.05) is 36.1 Å². The Morgan fingerprint density at radius 1 is 1.07 bits per heavy atom. The van der Waals surface area contributed by atoms with E-state index < -0.39 is 35.0 Å². The summed E-state index contributed by atoms with van der Waals surface area (Å²) in [5, 5.41) is 13.0. The van der Waals surface area contributed by atoms with Crippen LogP contribution in [0.1, 0.15) is 57.0 Å². The van der Waals surface area contributed by atoms with Crippen molar-refractivity contribution >= 4 is 28.9 Å². The number of halogens is 5. The molecule has 0 fully saturated rings. The highest BCUT2D eigenvalue weighted by Gasteiger charge is 2.45. The number of amides is 2. The molecule has 0 bridgehead atoms. The number of rotatable bonds is 9. The molecule has 1 N–H and O–H groups in total. The number of hydrazone groups is 2. The molecule has 11 nitrogen and oxygen atoms in total. The van der Waals surface area contributed by atoms with Crippen molar-refractivity contribution in [2.45, 2.75) is 46.2 Å². The van der Waals surface area contributed by atoms with Gasteiger partial charge in [-0.3, -0.25) is 9.59 Å². The second kappa shape index (κ2) is 11.5. The highest BCUT2D eigenvalue weighted by atomic mass is 19.4. The minimum absolute atomic E-state index is 0.00414. The zero-order chi connectivity index (χ0) is 32.0. The molecule has 0 saturated carbocycles. The number of pyridine rings is 1. The maximum Gasteiger partial charge on any atom is 0.453 e. The van der Waals surface area contributed by atoms with Gasteiger partial charge in [0.1, 0.15) is 0 Å². The summed E-state index contributed by atoms with van der Waals surface area (Å²) in [6.45, 7) is 5.04. The molecule has 0 saturated heterocycles. The molecule has 2 amide bonds. The summed E-state index contributed by atoms with van der Waals surface area (Å²) in [6, 6.07) is 5.51. The highest BCUT2D eigenvalue weighted by molar-refractivity contribution is 6.21. The number of nitrogens with one attached hydrogen (secondary N) is 1. The molecule has 4 heterocycles. The van der Waals surface area contributed by atoms with Gasteiger partial charge in [0.2, 0.25) is 17.6 Å². The first kappa shape index (κ1) is 30.8. The lowest BCUT2D eigenvalue weighted by Gasteiger charge is -2.20. The number of nitrogens with zero attached hydrogens (tertiary/aromatic N) is 6. The van der Waals surface area contributed by atoms with E-state index in [1.165, 1.54) is 36.4 Å². The molecule has 5 rings (SSSR count). The van der Waals surface area contributed by atoms with E-state index in [2.05, 4.69) is 25.7 Å². The van der Waals surface area contributed by atoms with E-state index in [1.54, 1.807) is 20.8 Å². The Balaban J connectivity index is 1.26. The van der Waals surface area contributed by atoms with E-state index in [0.29, 0.717) is 12.8 Å². The predicted octanol–water partition coefficient (Wildman–Crippen LogP) is 4.33. The summed E-state index contributed by atoms with van der Waals surface area (Å²) in [5.41, 5.74) is 1.47. The summed E-state index contributed by atoms with van der Waals surface area (Å²) < 4.78 is 81.2. The third kappa shape index (κ3) is 5.55. The van der Waals surface area contributed by atoms with Crippen LogP contribution in [0.25, 0.3) is 5.65 Å². The monoisotopic (exact) mass is 621 g/mol. The summed E-state index contributed by atoms with van der Waals surface area (Å²) in [7, 11) is 1.28. The topological polar surface area (TPSA) is 123 Å². The van der Waals surface area contributed by atoms with Gasteiger partial charge in [0.25, 0.3) is 11.7 Å². The van der Waals surface area contributed by atoms with E-state index >= 15 is 0 Å². The van der Waals surface area contributed by atoms with Gasteiger partial charge in [-0.05, 0) is 44.9 Å². The van der Waals surface area contributed by atoms with Crippen molar-refractivity contribution < 1.29 is 41.0 Å². The minimum Gasteiger partial charge on any atom is -0.490 e. The van der Waals surface area contributed by atoms with E-state index in [4.69, 9.17) is 9.47 Å². The number of hydrogen-bond donors (Lipinski definition) is 1. The second-order valence-electron chi connectivity index (χ2n) is 10.9. The van der Waals surface area contributed by atoms with Crippen molar-refractivity contribution in [3.63, 3.8) is 0 Å². The highest BCUT2D eigenvalue weighted by Crippen LogP contribution is 2.36. The Morgan fingerprint density at radius 2 is 1.80 bits per heavy atom. The number of ether oxygens (including phenoxy) is 2. The molecule has 0 aliphatic carbocycles. The van der Waals surface area contributed by atoms with Gasteiger partial charge < -0.3 is 9.47 Å². The number of aromatic nitrogens is 3. The molecule has 1 atom stereocenters. The van der Waals surface area contributed by atoms with Crippen LogP contribution in [-0.4, -0.2) is 63.1 Å². The fourth-order valence-corrected chi connectivity index (χ4v) is 5.02. The molecule has 3 aromatic rings. The summed E-state index contributed by atoms with van der Waals surface area (Å²) in [5.74, 6) is -5.05. The summed E-state index contributed by atoms with van der Waals surface area (Å²) in [6.07, 6.45) is -3.98. The van der Waals surface area contributed by atoms with Gasteiger partial charge in [-0.2, -0.15) is 32.3 Å². The van der Waals surface area contributed by atoms with E-state index in [0.717, 1.165) is 4.52 Å². The summed E-state index contributed by atoms with van der Waals surface area (Å²) in [4.78, 5) is 28.3. The number of benzene rings is 1. The lowest BCUT2D eigenvalue weighted by molar-refractivity contribution is -0.144. The number of carbonyl (C=O) groups excluding carboxylic acids is 2. The smallest absolute Gasteiger partial charge is 0.453 e. The van der Waals surface area contributed by atoms with Gasteiger partial charge in [-0.1, -0.05) is 6.92 Å². The maximum atomic E-state index is 14.8. The van der Waals surface area contributed by atoms with Crippen molar-refractivity contribution in [3.8, 4) is 11.6 Å². The molecule has 16 heteroatoms. The maximum absolute atomic E-state index is 14.8. The number of methoxy groups -OCH3 is 1. The normalized spacial score (nSPS) is 18.4. The molecule has 2 aliphatic rings. The van der Waals surface area contributed by atoms with E-state index in [9.17, 15) is 31.5 Å². The lowest BCUT2D eigenvalue weighted by Crippen LogP contribution is -2.35. The molecule has 1 unspecified atom stereocenters. The fraction of sp³-hybridized carbons (Fsp3) is 0.429. The molecule has 1 aromatic carbocycles.